The molecule has 8 heteroatoms. The minimum Gasteiger partial charge on any atom is -0.342 e. The van der Waals surface area contributed by atoms with Crippen LogP contribution in [0, 0.1) is 5.92 Å². The van der Waals surface area contributed by atoms with Gasteiger partial charge in [-0.15, -0.1) is 0 Å². The van der Waals surface area contributed by atoms with Crippen molar-refractivity contribution in [3.63, 3.8) is 0 Å². The van der Waals surface area contributed by atoms with Gasteiger partial charge in [-0.2, -0.15) is 13.2 Å². The molecule has 0 bridgehead atoms. The maximum Gasteiger partial charge on any atom is 0.393 e. The molecule has 5 nitrogen and oxygen atoms in total. The molecule has 3 rings (SSSR count). The van der Waals surface area contributed by atoms with E-state index in [0.29, 0.717) is 29.7 Å². The maximum absolute atomic E-state index is 12.8. The molecule has 1 aliphatic heterocycles. The quantitative estimate of drug-likeness (QED) is 0.923. The maximum atomic E-state index is 12.8. The summed E-state index contributed by atoms with van der Waals surface area (Å²) in [4.78, 5) is 32.4. The largest absolute Gasteiger partial charge is 0.393 e. The lowest BCUT2D eigenvalue weighted by Gasteiger charge is -2.33. The number of likely N-dealkylation sites (tertiary alicyclic amines) is 1. The predicted octanol–water partition coefficient (Wildman–Crippen LogP) is 2.66. The second kappa shape index (κ2) is 6.85. The highest BCUT2D eigenvalue weighted by Gasteiger charge is 2.42. The number of carbonyl (C=O) groups excluding carboxylic acids is 1. The molecule has 0 radical (unpaired) electrons. The third-order valence-electron chi connectivity index (χ3n) is 4.47. The molecular weight excluding hydrogens is 335 g/mol. The molecule has 1 atom stereocenters. The number of aromatic nitrogens is 2. The van der Waals surface area contributed by atoms with Crippen LogP contribution in [0.3, 0.4) is 0 Å². The standard InChI is InChI=1S/C17H18F3N3O2/c18-17(19,20)11-4-3-9-23(10-11)15(24)8-7-14-21-13-6-2-1-5-12(13)16(25)22-14/h1-2,5-6,11H,3-4,7-10H2,(H,21,22,25). The van der Waals surface area contributed by atoms with Crippen LogP contribution in [0.1, 0.15) is 25.1 Å². The Morgan fingerprint density at radius 1 is 1.32 bits per heavy atom. The summed E-state index contributed by atoms with van der Waals surface area (Å²) in [6, 6.07) is 6.85. The fourth-order valence-corrected chi connectivity index (χ4v) is 3.11. The van der Waals surface area contributed by atoms with Crippen LogP contribution in [0.4, 0.5) is 13.2 Å². The number of benzene rings is 1. The van der Waals surface area contributed by atoms with Crippen molar-refractivity contribution in [3.8, 4) is 0 Å². The molecule has 25 heavy (non-hydrogen) atoms. The van der Waals surface area contributed by atoms with Crippen molar-refractivity contribution in [2.75, 3.05) is 13.1 Å². The Labute approximate surface area is 141 Å². The summed E-state index contributed by atoms with van der Waals surface area (Å²) >= 11 is 0. The van der Waals surface area contributed by atoms with Gasteiger partial charge in [-0.05, 0) is 25.0 Å². The molecule has 1 aromatic heterocycles. The zero-order valence-electron chi connectivity index (χ0n) is 13.5. The molecule has 0 spiro atoms. The normalized spacial score (nSPS) is 18.5. The van der Waals surface area contributed by atoms with Crippen molar-refractivity contribution < 1.29 is 18.0 Å². The number of hydrogen-bond donors (Lipinski definition) is 1. The van der Waals surface area contributed by atoms with Gasteiger partial charge in [0.25, 0.3) is 5.56 Å². The number of aromatic amines is 1. The van der Waals surface area contributed by atoms with Crippen LogP contribution in [-0.4, -0.2) is 40.0 Å². The Hall–Kier alpha value is -2.38. The van der Waals surface area contributed by atoms with Crippen molar-refractivity contribution in [2.24, 2.45) is 5.92 Å². The number of carbonyl (C=O) groups is 1. The smallest absolute Gasteiger partial charge is 0.342 e. The van der Waals surface area contributed by atoms with Gasteiger partial charge in [0.15, 0.2) is 0 Å². The number of fused-ring (bicyclic) bond motifs is 1. The molecule has 1 fully saturated rings. The first-order valence-corrected chi connectivity index (χ1v) is 8.17. The van der Waals surface area contributed by atoms with Crippen molar-refractivity contribution in [1.82, 2.24) is 14.9 Å². The molecule has 1 amide bonds. The Balaban J connectivity index is 1.65. The monoisotopic (exact) mass is 353 g/mol. The van der Waals surface area contributed by atoms with Crippen molar-refractivity contribution >= 4 is 16.8 Å². The van der Waals surface area contributed by atoms with Gasteiger partial charge in [0.1, 0.15) is 5.82 Å². The first-order valence-electron chi connectivity index (χ1n) is 8.17. The van der Waals surface area contributed by atoms with E-state index >= 15 is 0 Å². The lowest BCUT2D eigenvalue weighted by molar-refractivity contribution is -0.188. The SMILES string of the molecule is O=C(CCc1nc2ccccc2c(=O)[nH]1)N1CCCC(C(F)(F)F)C1. The summed E-state index contributed by atoms with van der Waals surface area (Å²) in [5.41, 5.74) is 0.243. The number of piperidine rings is 1. The van der Waals surface area contributed by atoms with Gasteiger partial charge in [-0.1, -0.05) is 12.1 Å². The minimum absolute atomic E-state index is 0.0197. The van der Waals surface area contributed by atoms with Crippen LogP contribution < -0.4 is 5.56 Å². The summed E-state index contributed by atoms with van der Waals surface area (Å²) in [7, 11) is 0. The molecule has 0 aliphatic carbocycles. The number of nitrogens with one attached hydrogen (secondary N) is 1. The minimum atomic E-state index is -4.27. The Morgan fingerprint density at radius 2 is 2.08 bits per heavy atom. The number of nitrogens with zero attached hydrogens (tertiary/aromatic N) is 2. The summed E-state index contributed by atoms with van der Waals surface area (Å²) in [6.45, 7) is 0.0527. The summed E-state index contributed by atoms with van der Waals surface area (Å²) in [5.74, 6) is -1.44. The van der Waals surface area contributed by atoms with E-state index in [4.69, 9.17) is 0 Å². The highest BCUT2D eigenvalue weighted by molar-refractivity contribution is 5.78. The van der Waals surface area contributed by atoms with E-state index < -0.39 is 12.1 Å². The molecule has 1 N–H and O–H groups in total. The average molecular weight is 353 g/mol. The number of amides is 1. The lowest BCUT2D eigenvalue weighted by Crippen LogP contribution is -2.44. The zero-order valence-corrected chi connectivity index (χ0v) is 13.5. The molecule has 2 aromatic rings. The van der Waals surface area contributed by atoms with E-state index in [9.17, 15) is 22.8 Å². The lowest BCUT2D eigenvalue weighted by atomic mass is 9.97. The van der Waals surface area contributed by atoms with E-state index in [-0.39, 0.29) is 37.3 Å². The molecule has 1 saturated heterocycles. The van der Waals surface area contributed by atoms with Crippen molar-refractivity contribution in [3.05, 3.63) is 40.4 Å². The molecule has 2 heterocycles. The van der Waals surface area contributed by atoms with Crippen LogP contribution in [0.2, 0.25) is 0 Å². The second-order valence-electron chi connectivity index (χ2n) is 6.25. The number of H-pyrrole nitrogens is 1. The first kappa shape index (κ1) is 17.4. The number of hydrogen-bond acceptors (Lipinski definition) is 3. The number of aryl methyl sites for hydroxylation is 1. The summed E-state index contributed by atoms with van der Waals surface area (Å²) < 4.78 is 38.5. The van der Waals surface area contributed by atoms with E-state index in [2.05, 4.69) is 9.97 Å². The van der Waals surface area contributed by atoms with Crippen molar-refractivity contribution in [2.45, 2.75) is 31.9 Å². The average Bonchev–Trinajstić information content (AvgIpc) is 2.59. The summed E-state index contributed by atoms with van der Waals surface area (Å²) in [6.07, 6.45) is -3.66. The highest BCUT2D eigenvalue weighted by atomic mass is 19.4. The van der Waals surface area contributed by atoms with Crippen LogP contribution in [0.15, 0.2) is 29.1 Å². The number of rotatable bonds is 3. The van der Waals surface area contributed by atoms with E-state index in [1.807, 2.05) is 0 Å². The Morgan fingerprint density at radius 3 is 2.84 bits per heavy atom. The van der Waals surface area contributed by atoms with Gasteiger partial charge in [-0.25, -0.2) is 4.98 Å². The first-order chi connectivity index (χ1) is 11.8. The Kier molecular flexibility index (Phi) is 4.78. The summed E-state index contributed by atoms with van der Waals surface area (Å²) in [5, 5.41) is 0.460. The number of para-hydroxylation sites is 1. The molecule has 134 valence electrons. The third kappa shape index (κ3) is 4.00. The highest BCUT2D eigenvalue weighted by Crippen LogP contribution is 2.33. The van der Waals surface area contributed by atoms with Crippen LogP contribution in [0.25, 0.3) is 10.9 Å². The molecule has 0 saturated carbocycles. The fraction of sp³-hybridized carbons (Fsp3) is 0.471. The number of alkyl halides is 3. The van der Waals surface area contributed by atoms with Crippen LogP contribution in [0.5, 0.6) is 0 Å². The van der Waals surface area contributed by atoms with Crippen molar-refractivity contribution in [1.29, 1.82) is 0 Å². The molecular formula is C17H18F3N3O2. The zero-order chi connectivity index (χ0) is 18.0. The van der Waals surface area contributed by atoms with E-state index in [1.54, 1.807) is 24.3 Å². The van der Waals surface area contributed by atoms with Gasteiger partial charge < -0.3 is 9.88 Å². The van der Waals surface area contributed by atoms with E-state index in [1.165, 1.54) is 4.90 Å². The number of halogens is 3. The van der Waals surface area contributed by atoms with Gasteiger partial charge in [-0.3, -0.25) is 9.59 Å². The molecule has 1 aromatic carbocycles. The molecule has 1 aliphatic rings. The van der Waals surface area contributed by atoms with Gasteiger partial charge >= 0.3 is 6.18 Å². The van der Waals surface area contributed by atoms with E-state index in [0.717, 1.165) is 0 Å². The van der Waals surface area contributed by atoms with Gasteiger partial charge in [0.2, 0.25) is 5.91 Å². The second-order valence-corrected chi connectivity index (χ2v) is 6.25. The fourth-order valence-electron chi connectivity index (χ4n) is 3.11. The van der Waals surface area contributed by atoms with Gasteiger partial charge in [0.05, 0.1) is 16.8 Å². The third-order valence-corrected chi connectivity index (χ3v) is 4.47. The predicted molar refractivity (Wildman–Crippen MR) is 86.0 cm³/mol. The van der Waals surface area contributed by atoms with Crippen LogP contribution >= 0.6 is 0 Å². The Bertz CT molecular complexity index is 832. The topological polar surface area (TPSA) is 66.1 Å². The van der Waals surface area contributed by atoms with Gasteiger partial charge in [0, 0.05) is 25.9 Å². The van der Waals surface area contributed by atoms with Crippen LogP contribution in [-0.2, 0) is 11.2 Å². The molecule has 1 unspecified atom stereocenters.